The molecule has 0 saturated heterocycles. The summed E-state index contributed by atoms with van der Waals surface area (Å²) in [5, 5.41) is 0.512. The smallest absolute Gasteiger partial charge is 0.336 e. The van der Waals surface area contributed by atoms with Gasteiger partial charge in [0.15, 0.2) is 0 Å². The molecule has 2 aromatic heterocycles. The maximum Gasteiger partial charge on any atom is 0.336 e. The molecule has 31 heavy (non-hydrogen) atoms. The topological polar surface area (TPSA) is 122 Å². The number of H-pyrrole nitrogens is 1. The zero-order valence-corrected chi connectivity index (χ0v) is 18.4. The van der Waals surface area contributed by atoms with Crippen molar-refractivity contribution in [2.45, 2.75) is 30.0 Å². The van der Waals surface area contributed by atoms with Crippen molar-refractivity contribution in [3.05, 3.63) is 72.8 Å². The Kier molecular flexibility index (Phi) is 5.91. The Morgan fingerprint density at radius 2 is 2.00 bits per heavy atom. The van der Waals surface area contributed by atoms with Crippen LogP contribution in [0.25, 0.3) is 11.0 Å². The van der Waals surface area contributed by atoms with Gasteiger partial charge in [-0.2, -0.15) is 11.8 Å². The fourth-order valence-electron chi connectivity index (χ4n) is 3.63. The highest BCUT2D eigenvalue weighted by atomic mass is 32.2. The molecule has 3 heterocycles. The third kappa shape index (κ3) is 4.25. The van der Waals surface area contributed by atoms with E-state index in [1.165, 1.54) is 41.7 Å². The summed E-state index contributed by atoms with van der Waals surface area (Å²) in [4.78, 5) is 38.1. The lowest BCUT2D eigenvalue weighted by Crippen LogP contribution is -2.37. The van der Waals surface area contributed by atoms with Gasteiger partial charge in [0.25, 0.3) is 5.56 Å². The fraction of sp³-hybridized carbons (Fsp3) is 0.350. The molecule has 1 aliphatic heterocycles. The predicted molar refractivity (Wildman–Crippen MR) is 118 cm³/mol. The SMILES string of the molecule is CN(CCCn1c2c(c(=O)[nH]c1=O)CSCC2)S(=O)(=O)c1ccc2oc(=O)ccc2c1. The lowest BCUT2D eigenvalue weighted by Gasteiger charge is -2.21. The standard InChI is InChI=1S/C20H21N3O6S2/c1-22(31(27,28)14-4-5-17-13(11-14)3-6-18(24)29-17)8-2-9-23-16-7-10-30-12-15(16)19(25)21-20(23)26/h3-6,11H,2,7-10,12H2,1H3,(H,21,25,26). The second-order valence-electron chi connectivity index (χ2n) is 7.27. The molecule has 1 aliphatic rings. The number of aromatic nitrogens is 2. The molecular formula is C20H21N3O6S2. The van der Waals surface area contributed by atoms with E-state index >= 15 is 0 Å². The lowest BCUT2D eigenvalue weighted by molar-refractivity contribution is 0.439. The first-order chi connectivity index (χ1) is 14.8. The van der Waals surface area contributed by atoms with Crippen molar-refractivity contribution in [2.24, 2.45) is 0 Å². The summed E-state index contributed by atoms with van der Waals surface area (Å²) in [6.45, 7) is 0.505. The van der Waals surface area contributed by atoms with Gasteiger partial charge in [0.2, 0.25) is 10.0 Å². The molecule has 4 rings (SSSR count). The molecule has 9 nitrogen and oxygen atoms in total. The van der Waals surface area contributed by atoms with Crippen LogP contribution in [-0.4, -0.2) is 41.6 Å². The van der Waals surface area contributed by atoms with Gasteiger partial charge in [-0.05, 0) is 42.9 Å². The number of hydrogen-bond donors (Lipinski definition) is 1. The van der Waals surface area contributed by atoms with E-state index in [0.29, 0.717) is 41.7 Å². The van der Waals surface area contributed by atoms with Crippen molar-refractivity contribution in [3.63, 3.8) is 0 Å². The summed E-state index contributed by atoms with van der Waals surface area (Å²) in [6.07, 6.45) is 1.05. The van der Waals surface area contributed by atoms with Crippen LogP contribution in [0.15, 0.2) is 54.0 Å². The van der Waals surface area contributed by atoms with E-state index in [2.05, 4.69) is 4.98 Å². The number of hydrogen-bond acceptors (Lipinski definition) is 7. The zero-order valence-electron chi connectivity index (χ0n) is 16.8. The Morgan fingerprint density at radius 3 is 2.81 bits per heavy atom. The van der Waals surface area contributed by atoms with Gasteiger partial charge < -0.3 is 4.42 Å². The molecule has 0 atom stereocenters. The third-order valence-corrected chi connectivity index (χ3v) is 8.14. The van der Waals surface area contributed by atoms with Crippen LogP contribution in [0, 0.1) is 0 Å². The minimum absolute atomic E-state index is 0.0898. The van der Waals surface area contributed by atoms with E-state index in [9.17, 15) is 22.8 Å². The predicted octanol–water partition coefficient (Wildman–Crippen LogP) is 1.14. The summed E-state index contributed by atoms with van der Waals surface area (Å²) in [6, 6.07) is 7.08. The monoisotopic (exact) mass is 463 g/mol. The van der Waals surface area contributed by atoms with Crippen LogP contribution in [0.1, 0.15) is 17.7 Å². The highest BCUT2D eigenvalue weighted by molar-refractivity contribution is 7.98. The van der Waals surface area contributed by atoms with Gasteiger partial charge >= 0.3 is 11.3 Å². The summed E-state index contributed by atoms with van der Waals surface area (Å²) < 4.78 is 33.7. The first kappa shape index (κ1) is 21.6. The van der Waals surface area contributed by atoms with Gasteiger partial charge in [-0.25, -0.2) is 22.3 Å². The molecule has 0 radical (unpaired) electrons. The van der Waals surface area contributed by atoms with Crippen molar-refractivity contribution in [1.82, 2.24) is 13.9 Å². The molecule has 0 aliphatic carbocycles. The Hall–Kier alpha value is -2.63. The average Bonchev–Trinajstić information content (AvgIpc) is 2.75. The molecule has 0 bridgehead atoms. The summed E-state index contributed by atoms with van der Waals surface area (Å²) in [5.41, 5.74) is 0.383. The van der Waals surface area contributed by atoms with E-state index in [0.717, 1.165) is 11.4 Å². The number of rotatable bonds is 6. The van der Waals surface area contributed by atoms with Gasteiger partial charge in [-0.1, -0.05) is 0 Å². The molecule has 0 amide bonds. The average molecular weight is 464 g/mol. The van der Waals surface area contributed by atoms with Gasteiger partial charge in [0.05, 0.1) is 4.90 Å². The molecule has 0 saturated carbocycles. The van der Waals surface area contributed by atoms with Crippen molar-refractivity contribution in [1.29, 1.82) is 0 Å². The molecular weight excluding hydrogens is 442 g/mol. The van der Waals surface area contributed by atoms with E-state index in [1.54, 1.807) is 16.3 Å². The Labute approximate surface area is 181 Å². The normalized spacial score (nSPS) is 14.1. The number of benzene rings is 1. The van der Waals surface area contributed by atoms with E-state index in [4.69, 9.17) is 4.42 Å². The van der Waals surface area contributed by atoms with Crippen LogP contribution >= 0.6 is 11.8 Å². The number of aromatic amines is 1. The van der Waals surface area contributed by atoms with Crippen LogP contribution in [0.3, 0.4) is 0 Å². The highest BCUT2D eigenvalue weighted by Gasteiger charge is 2.22. The number of sulfonamides is 1. The molecule has 0 fully saturated rings. The number of nitrogens with zero attached hydrogens (tertiary/aromatic N) is 2. The maximum absolute atomic E-state index is 12.9. The Balaban J connectivity index is 1.51. The Morgan fingerprint density at radius 1 is 1.19 bits per heavy atom. The minimum Gasteiger partial charge on any atom is -0.423 e. The quantitative estimate of drug-likeness (QED) is 0.544. The highest BCUT2D eigenvalue weighted by Crippen LogP contribution is 2.22. The second kappa shape index (κ2) is 8.48. The van der Waals surface area contributed by atoms with Crippen molar-refractivity contribution in [2.75, 3.05) is 19.3 Å². The zero-order chi connectivity index (χ0) is 22.2. The van der Waals surface area contributed by atoms with Gasteiger partial charge in [-0.3, -0.25) is 14.3 Å². The molecule has 11 heteroatoms. The van der Waals surface area contributed by atoms with Crippen molar-refractivity contribution in [3.8, 4) is 0 Å². The number of nitrogens with one attached hydrogen (secondary N) is 1. The Bertz CT molecular complexity index is 1420. The summed E-state index contributed by atoms with van der Waals surface area (Å²) >= 11 is 1.65. The fourth-order valence-corrected chi connectivity index (χ4v) is 5.86. The molecule has 0 unspecified atom stereocenters. The number of fused-ring (bicyclic) bond motifs is 2. The molecule has 0 spiro atoms. The maximum atomic E-state index is 12.9. The molecule has 164 valence electrons. The van der Waals surface area contributed by atoms with Crippen LogP contribution in [-0.2, 0) is 28.7 Å². The third-order valence-electron chi connectivity index (χ3n) is 5.30. The van der Waals surface area contributed by atoms with Gasteiger partial charge in [0, 0.05) is 48.6 Å². The van der Waals surface area contributed by atoms with Crippen LogP contribution in [0.2, 0.25) is 0 Å². The van der Waals surface area contributed by atoms with Crippen LogP contribution in [0.4, 0.5) is 0 Å². The van der Waals surface area contributed by atoms with Crippen LogP contribution in [0.5, 0.6) is 0 Å². The summed E-state index contributed by atoms with van der Waals surface area (Å²) in [5.74, 6) is 1.41. The van der Waals surface area contributed by atoms with Crippen LogP contribution < -0.4 is 16.9 Å². The number of thioether (sulfide) groups is 1. The second-order valence-corrected chi connectivity index (χ2v) is 10.4. The van der Waals surface area contributed by atoms with Gasteiger partial charge in [-0.15, -0.1) is 0 Å². The lowest BCUT2D eigenvalue weighted by atomic mass is 10.2. The largest absolute Gasteiger partial charge is 0.423 e. The first-order valence-corrected chi connectivity index (χ1v) is 12.3. The minimum atomic E-state index is -3.76. The molecule has 3 aromatic rings. The van der Waals surface area contributed by atoms with E-state index in [-0.39, 0.29) is 17.0 Å². The molecule has 1 N–H and O–H groups in total. The van der Waals surface area contributed by atoms with Crippen molar-refractivity contribution < 1.29 is 12.8 Å². The van der Waals surface area contributed by atoms with E-state index in [1.807, 2.05) is 0 Å². The van der Waals surface area contributed by atoms with E-state index < -0.39 is 21.3 Å². The summed E-state index contributed by atoms with van der Waals surface area (Å²) in [7, 11) is -2.29. The van der Waals surface area contributed by atoms with Crippen molar-refractivity contribution >= 4 is 32.8 Å². The first-order valence-electron chi connectivity index (χ1n) is 9.70. The van der Waals surface area contributed by atoms with Gasteiger partial charge in [0.1, 0.15) is 5.58 Å². The molecule has 1 aromatic carbocycles.